The summed E-state index contributed by atoms with van der Waals surface area (Å²) in [5.74, 6) is 0. The van der Waals surface area contributed by atoms with Gasteiger partial charge in [-0.1, -0.05) is 0 Å². The van der Waals surface area contributed by atoms with Crippen LogP contribution in [0, 0.1) is 0 Å². The van der Waals surface area contributed by atoms with E-state index in [-0.39, 0.29) is 0 Å². The Morgan fingerprint density at radius 1 is 1.40 bits per heavy atom. The Labute approximate surface area is 92.4 Å². The minimum Gasteiger partial charge on any atom is -0.374 e. The second kappa shape index (κ2) is 5.80. The average Bonchev–Trinajstić information content (AvgIpc) is 2.28. The molecule has 2 aliphatic rings. The van der Waals surface area contributed by atoms with Gasteiger partial charge in [-0.15, -0.1) is 0 Å². The van der Waals surface area contributed by atoms with Gasteiger partial charge in [0.25, 0.3) is 0 Å². The van der Waals surface area contributed by atoms with Gasteiger partial charge in [-0.3, -0.25) is 0 Å². The predicted octanol–water partition coefficient (Wildman–Crippen LogP) is -0.341. The maximum Gasteiger partial charge on any atom is 0.0826 e. The molecule has 0 aromatic rings. The van der Waals surface area contributed by atoms with Gasteiger partial charge in [-0.2, -0.15) is 0 Å². The number of hydrogen-bond acceptors (Lipinski definition) is 4. The van der Waals surface area contributed by atoms with Gasteiger partial charge in [0.1, 0.15) is 0 Å². The van der Waals surface area contributed by atoms with Crippen LogP contribution < -0.4 is 10.6 Å². The molecule has 2 N–H and O–H groups in total. The van der Waals surface area contributed by atoms with Gasteiger partial charge in [0.05, 0.1) is 12.7 Å². The molecule has 1 atom stereocenters. The summed E-state index contributed by atoms with van der Waals surface area (Å²) in [6, 6.07) is 0.696. The van der Waals surface area contributed by atoms with E-state index in [9.17, 15) is 0 Å². The first kappa shape index (κ1) is 11.3. The highest BCUT2D eigenvalue weighted by atomic mass is 16.5. The summed E-state index contributed by atoms with van der Waals surface area (Å²) < 4.78 is 5.72. The largest absolute Gasteiger partial charge is 0.374 e. The van der Waals surface area contributed by atoms with E-state index in [1.165, 1.54) is 12.8 Å². The van der Waals surface area contributed by atoms with E-state index in [0.717, 1.165) is 39.3 Å². The van der Waals surface area contributed by atoms with Crippen LogP contribution in [0.25, 0.3) is 0 Å². The lowest BCUT2D eigenvalue weighted by molar-refractivity contribution is -0.0196. The van der Waals surface area contributed by atoms with Crippen LogP contribution in [0.3, 0.4) is 0 Å². The zero-order valence-electron chi connectivity index (χ0n) is 9.67. The van der Waals surface area contributed by atoms with E-state index in [2.05, 4.69) is 22.6 Å². The van der Waals surface area contributed by atoms with Crippen LogP contribution in [0.5, 0.6) is 0 Å². The fourth-order valence-electron chi connectivity index (χ4n) is 2.31. The maximum absolute atomic E-state index is 5.72. The molecule has 2 rings (SSSR count). The molecule has 0 radical (unpaired) electrons. The number of piperidine rings is 1. The van der Waals surface area contributed by atoms with Gasteiger partial charge in [0.15, 0.2) is 0 Å². The van der Waals surface area contributed by atoms with Crippen molar-refractivity contribution in [1.82, 2.24) is 15.5 Å². The van der Waals surface area contributed by atoms with Gasteiger partial charge >= 0.3 is 0 Å². The quantitative estimate of drug-likeness (QED) is 0.672. The van der Waals surface area contributed by atoms with Crippen LogP contribution in [-0.2, 0) is 4.74 Å². The zero-order valence-corrected chi connectivity index (χ0v) is 9.67. The molecular formula is C11H23N3O. The minimum absolute atomic E-state index is 0.388. The standard InChI is InChI=1S/C11H23N3O/c1-14-6-7-15-11(9-14)8-13-10-2-4-12-5-3-10/h10-13H,2-9H2,1H3. The number of morpholine rings is 1. The lowest BCUT2D eigenvalue weighted by Gasteiger charge is -2.32. The van der Waals surface area contributed by atoms with Crippen molar-refractivity contribution in [3.63, 3.8) is 0 Å². The maximum atomic E-state index is 5.72. The van der Waals surface area contributed by atoms with Gasteiger partial charge in [-0.25, -0.2) is 0 Å². The number of likely N-dealkylation sites (N-methyl/N-ethyl adjacent to an activating group) is 1. The number of rotatable bonds is 3. The van der Waals surface area contributed by atoms with Crippen LogP contribution in [0.2, 0.25) is 0 Å². The molecule has 88 valence electrons. The Hall–Kier alpha value is -0.160. The number of nitrogens with one attached hydrogen (secondary N) is 2. The van der Waals surface area contributed by atoms with Crippen molar-refractivity contribution in [1.29, 1.82) is 0 Å². The van der Waals surface area contributed by atoms with Crippen molar-refractivity contribution >= 4 is 0 Å². The first-order valence-electron chi connectivity index (χ1n) is 6.09. The molecular weight excluding hydrogens is 190 g/mol. The molecule has 2 fully saturated rings. The SMILES string of the molecule is CN1CCOC(CNC2CCNCC2)C1. The summed E-state index contributed by atoms with van der Waals surface area (Å²) in [5.41, 5.74) is 0. The summed E-state index contributed by atoms with van der Waals surface area (Å²) >= 11 is 0. The van der Waals surface area contributed by atoms with E-state index in [1.54, 1.807) is 0 Å². The molecule has 2 aliphatic heterocycles. The second-order valence-electron chi connectivity index (χ2n) is 4.69. The summed E-state index contributed by atoms with van der Waals surface area (Å²) in [6.45, 7) is 6.35. The molecule has 2 saturated heterocycles. The Kier molecular flexibility index (Phi) is 4.38. The third kappa shape index (κ3) is 3.72. The van der Waals surface area contributed by atoms with Crippen LogP contribution in [0.1, 0.15) is 12.8 Å². The summed E-state index contributed by atoms with van der Waals surface area (Å²) in [5, 5.41) is 7.00. The molecule has 0 amide bonds. The number of nitrogens with zero attached hydrogens (tertiary/aromatic N) is 1. The topological polar surface area (TPSA) is 36.5 Å². The van der Waals surface area contributed by atoms with E-state index in [4.69, 9.17) is 4.74 Å². The fraction of sp³-hybridized carbons (Fsp3) is 1.00. The van der Waals surface area contributed by atoms with Gasteiger partial charge in [0.2, 0.25) is 0 Å². The normalized spacial score (nSPS) is 30.6. The van der Waals surface area contributed by atoms with Gasteiger partial charge in [-0.05, 0) is 33.0 Å². The summed E-state index contributed by atoms with van der Waals surface area (Å²) in [4.78, 5) is 2.35. The number of hydrogen-bond donors (Lipinski definition) is 2. The monoisotopic (exact) mass is 213 g/mol. The molecule has 0 saturated carbocycles. The third-order valence-corrected chi connectivity index (χ3v) is 3.32. The van der Waals surface area contributed by atoms with E-state index in [1.807, 2.05) is 0 Å². The molecule has 15 heavy (non-hydrogen) atoms. The minimum atomic E-state index is 0.388. The first-order valence-corrected chi connectivity index (χ1v) is 6.09. The fourth-order valence-corrected chi connectivity index (χ4v) is 2.31. The smallest absolute Gasteiger partial charge is 0.0826 e. The lowest BCUT2D eigenvalue weighted by atomic mass is 10.1. The molecule has 0 bridgehead atoms. The highest BCUT2D eigenvalue weighted by Crippen LogP contribution is 2.05. The molecule has 4 heteroatoms. The van der Waals surface area contributed by atoms with Gasteiger partial charge in [0, 0.05) is 25.7 Å². The van der Waals surface area contributed by atoms with E-state index < -0.39 is 0 Å². The number of ether oxygens (including phenoxy) is 1. The molecule has 0 spiro atoms. The van der Waals surface area contributed by atoms with Crippen molar-refractivity contribution in [2.45, 2.75) is 25.0 Å². The second-order valence-corrected chi connectivity index (χ2v) is 4.69. The highest BCUT2D eigenvalue weighted by molar-refractivity contribution is 4.78. The molecule has 4 nitrogen and oxygen atoms in total. The predicted molar refractivity (Wildman–Crippen MR) is 61.1 cm³/mol. The van der Waals surface area contributed by atoms with Crippen LogP contribution in [0.4, 0.5) is 0 Å². The van der Waals surface area contributed by atoms with Gasteiger partial charge < -0.3 is 20.3 Å². The molecule has 0 aromatic carbocycles. The van der Waals surface area contributed by atoms with Crippen molar-refractivity contribution in [2.24, 2.45) is 0 Å². The zero-order chi connectivity index (χ0) is 10.5. The van der Waals surface area contributed by atoms with Crippen molar-refractivity contribution < 1.29 is 4.74 Å². The lowest BCUT2D eigenvalue weighted by Crippen LogP contribution is -2.48. The first-order chi connectivity index (χ1) is 7.34. The average molecular weight is 213 g/mol. The third-order valence-electron chi connectivity index (χ3n) is 3.32. The van der Waals surface area contributed by atoms with Crippen molar-refractivity contribution in [3.8, 4) is 0 Å². The van der Waals surface area contributed by atoms with Crippen LogP contribution in [0.15, 0.2) is 0 Å². The molecule has 0 aromatic heterocycles. The Bertz CT molecular complexity index is 183. The van der Waals surface area contributed by atoms with Crippen LogP contribution >= 0.6 is 0 Å². The van der Waals surface area contributed by atoms with Crippen molar-refractivity contribution in [3.05, 3.63) is 0 Å². The Balaban J connectivity index is 1.63. The van der Waals surface area contributed by atoms with Crippen LogP contribution in [-0.4, -0.2) is 63.4 Å². The summed E-state index contributed by atoms with van der Waals surface area (Å²) in [7, 11) is 2.17. The molecule has 2 heterocycles. The van der Waals surface area contributed by atoms with E-state index >= 15 is 0 Å². The highest BCUT2D eigenvalue weighted by Gasteiger charge is 2.19. The van der Waals surface area contributed by atoms with E-state index in [0.29, 0.717) is 12.1 Å². The summed E-state index contributed by atoms with van der Waals surface area (Å²) in [6.07, 6.45) is 2.89. The Morgan fingerprint density at radius 3 is 2.93 bits per heavy atom. The Morgan fingerprint density at radius 2 is 2.20 bits per heavy atom. The molecule has 0 aliphatic carbocycles. The molecule has 1 unspecified atom stereocenters. The van der Waals surface area contributed by atoms with Crippen molar-refractivity contribution in [2.75, 3.05) is 46.4 Å².